The summed E-state index contributed by atoms with van der Waals surface area (Å²) in [5.74, 6) is -0.201. The number of carbonyl (C=O) groups excluding carboxylic acids is 2. The number of carbonyl (C=O) groups is 2. The Hall–Kier alpha value is -1.99. The second-order valence-corrected chi connectivity index (χ2v) is 4.99. The van der Waals surface area contributed by atoms with Gasteiger partial charge in [0, 0.05) is 24.3 Å². The van der Waals surface area contributed by atoms with Crippen molar-refractivity contribution in [3.8, 4) is 0 Å². The molecule has 20 heavy (non-hydrogen) atoms. The molecule has 1 aliphatic heterocycles. The standard InChI is InChI=1S/C13H16N4O2S/c14-13(20)9-1-3-10(4-2-9)16-12(19)8-17-6-5-15-11(18)7-17/h1-4H,5-8H2,(H2,14,20)(H,15,18)(H,16,19). The topological polar surface area (TPSA) is 87.5 Å². The van der Waals surface area contributed by atoms with Crippen LogP contribution in [0.4, 0.5) is 5.69 Å². The fourth-order valence-electron chi connectivity index (χ4n) is 1.95. The lowest BCUT2D eigenvalue weighted by Crippen LogP contribution is -2.49. The van der Waals surface area contributed by atoms with Gasteiger partial charge in [-0.15, -0.1) is 0 Å². The predicted molar refractivity (Wildman–Crippen MR) is 80.4 cm³/mol. The summed E-state index contributed by atoms with van der Waals surface area (Å²) in [4.78, 5) is 25.2. The number of nitrogens with zero attached hydrogens (tertiary/aromatic N) is 1. The Kier molecular flexibility index (Phi) is 4.65. The van der Waals surface area contributed by atoms with Crippen LogP contribution in [0.15, 0.2) is 24.3 Å². The summed E-state index contributed by atoms with van der Waals surface area (Å²) in [5, 5.41) is 5.49. The molecule has 1 aromatic carbocycles. The van der Waals surface area contributed by atoms with Gasteiger partial charge in [-0.1, -0.05) is 12.2 Å². The van der Waals surface area contributed by atoms with Crippen LogP contribution in [0.2, 0.25) is 0 Å². The third-order valence-electron chi connectivity index (χ3n) is 2.94. The van der Waals surface area contributed by atoms with Crippen LogP contribution < -0.4 is 16.4 Å². The molecule has 0 radical (unpaired) electrons. The van der Waals surface area contributed by atoms with E-state index < -0.39 is 0 Å². The molecule has 1 saturated heterocycles. The SMILES string of the molecule is NC(=S)c1ccc(NC(=O)CN2CCNC(=O)C2)cc1. The number of hydrogen-bond donors (Lipinski definition) is 3. The highest BCUT2D eigenvalue weighted by Gasteiger charge is 2.18. The first-order valence-electron chi connectivity index (χ1n) is 6.23. The number of hydrogen-bond acceptors (Lipinski definition) is 4. The van der Waals surface area contributed by atoms with Crippen molar-refractivity contribution in [3.05, 3.63) is 29.8 Å². The van der Waals surface area contributed by atoms with Crippen molar-refractivity contribution < 1.29 is 9.59 Å². The number of benzene rings is 1. The first kappa shape index (κ1) is 14.4. The van der Waals surface area contributed by atoms with E-state index in [1.54, 1.807) is 29.2 Å². The highest BCUT2D eigenvalue weighted by molar-refractivity contribution is 7.80. The zero-order valence-electron chi connectivity index (χ0n) is 10.9. The normalized spacial score (nSPS) is 15.5. The molecule has 0 aliphatic carbocycles. The molecule has 2 rings (SSSR count). The molecule has 1 fully saturated rings. The molecule has 0 saturated carbocycles. The molecule has 6 nitrogen and oxygen atoms in total. The predicted octanol–water partition coefficient (Wildman–Crippen LogP) is -0.309. The van der Waals surface area contributed by atoms with Gasteiger partial charge < -0.3 is 16.4 Å². The first-order valence-corrected chi connectivity index (χ1v) is 6.64. The van der Waals surface area contributed by atoms with Crippen LogP contribution >= 0.6 is 12.2 Å². The van der Waals surface area contributed by atoms with E-state index in [1.807, 2.05) is 0 Å². The number of nitrogens with one attached hydrogen (secondary N) is 2. The molecule has 0 bridgehead atoms. The summed E-state index contributed by atoms with van der Waals surface area (Å²) in [7, 11) is 0. The molecule has 1 aromatic rings. The van der Waals surface area contributed by atoms with Gasteiger partial charge in [0.05, 0.1) is 13.1 Å². The molecular formula is C13H16N4O2S. The summed E-state index contributed by atoms with van der Waals surface area (Å²) in [6, 6.07) is 7.00. The Balaban J connectivity index is 1.87. The minimum Gasteiger partial charge on any atom is -0.389 e. The van der Waals surface area contributed by atoms with E-state index in [0.29, 0.717) is 23.8 Å². The van der Waals surface area contributed by atoms with Gasteiger partial charge in [0.2, 0.25) is 11.8 Å². The molecule has 0 unspecified atom stereocenters. The summed E-state index contributed by atoms with van der Waals surface area (Å²) < 4.78 is 0. The number of anilines is 1. The maximum Gasteiger partial charge on any atom is 0.238 e. The van der Waals surface area contributed by atoms with Crippen LogP contribution in [0.1, 0.15) is 5.56 Å². The molecular weight excluding hydrogens is 276 g/mol. The first-order chi connectivity index (χ1) is 9.54. The third-order valence-corrected chi connectivity index (χ3v) is 3.17. The fourth-order valence-corrected chi connectivity index (χ4v) is 2.08. The molecule has 0 atom stereocenters. The van der Waals surface area contributed by atoms with E-state index in [0.717, 1.165) is 5.56 Å². The second kappa shape index (κ2) is 6.44. The highest BCUT2D eigenvalue weighted by Crippen LogP contribution is 2.09. The smallest absolute Gasteiger partial charge is 0.238 e. The maximum absolute atomic E-state index is 11.9. The van der Waals surface area contributed by atoms with Crippen LogP contribution in [0.5, 0.6) is 0 Å². The van der Waals surface area contributed by atoms with Crippen LogP contribution in [-0.4, -0.2) is 47.9 Å². The van der Waals surface area contributed by atoms with Crippen molar-refractivity contribution in [1.82, 2.24) is 10.2 Å². The van der Waals surface area contributed by atoms with E-state index >= 15 is 0 Å². The Labute approximate surface area is 122 Å². The lowest BCUT2D eigenvalue weighted by Gasteiger charge is -2.25. The minimum atomic E-state index is -0.150. The van der Waals surface area contributed by atoms with Crippen molar-refractivity contribution in [2.24, 2.45) is 5.73 Å². The third kappa shape index (κ3) is 4.01. The van der Waals surface area contributed by atoms with Crippen LogP contribution in [-0.2, 0) is 9.59 Å². The summed E-state index contributed by atoms with van der Waals surface area (Å²) in [6.45, 7) is 1.71. The van der Waals surface area contributed by atoms with Crippen LogP contribution in [0.3, 0.4) is 0 Å². The van der Waals surface area contributed by atoms with Gasteiger partial charge in [-0.05, 0) is 24.3 Å². The molecule has 1 aliphatic rings. The van der Waals surface area contributed by atoms with Gasteiger partial charge in [0.15, 0.2) is 0 Å². The monoisotopic (exact) mass is 292 g/mol. The van der Waals surface area contributed by atoms with E-state index in [9.17, 15) is 9.59 Å². The van der Waals surface area contributed by atoms with Crippen molar-refractivity contribution in [2.75, 3.05) is 31.5 Å². The Morgan fingerprint density at radius 2 is 2.10 bits per heavy atom. The van der Waals surface area contributed by atoms with Crippen molar-refractivity contribution in [3.63, 3.8) is 0 Å². The lowest BCUT2D eigenvalue weighted by molar-refractivity contribution is -0.125. The van der Waals surface area contributed by atoms with E-state index in [4.69, 9.17) is 18.0 Å². The lowest BCUT2D eigenvalue weighted by atomic mass is 10.2. The average Bonchev–Trinajstić information content (AvgIpc) is 2.39. The summed E-state index contributed by atoms with van der Waals surface area (Å²) in [5.41, 5.74) is 6.93. The van der Waals surface area contributed by atoms with Gasteiger partial charge in [-0.25, -0.2) is 0 Å². The minimum absolute atomic E-state index is 0.0511. The Morgan fingerprint density at radius 1 is 1.40 bits per heavy atom. The fraction of sp³-hybridized carbons (Fsp3) is 0.308. The number of rotatable bonds is 4. The molecule has 1 heterocycles. The van der Waals surface area contributed by atoms with Gasteiger partial charge in [0.1, 0.15) is 4.99 Å². The summed E-state index contributed by atoms with van der Waals surface area (Å²) >= 11 is 4.86. The van der Waals surface area contributed by atoms with Crippen molar-refractivity contribution >= 4 is 34.7 Å². The number of nitrogens with two attached hydrogens (primary N) is 1. The quantitative estimate of drug-likeness (QED) is 0.663. The van der Waals surface area contributed by atoms with Crippen LogP contribution in [0, 0.1) is 0 Å². The maximum atomic E-state index is 11.9. The second-order valence-electron chi connectivity index (χ2n) is 4.55. The van der Waals surface area contributed by atoms with Crippen molar-refractivity contribution in [1.29, 1.82) is 0 Å². The molecule has 2 amide bonds. The van der Waals surface area contributed by atoms with Gasteiger partial charge in [-0.2, -0.15) is 0 Å². The molecule has 0 spiro atoms. The number of thiocarbonyl (C=S) groups is 1. The molecule has 0 aromatic heterocycles. The average molecular weight is 292 g/mol. The largest absolute Gasteiger partial charge is 0.389 e. The van der Waals surface area contributed by atoms with E-state index in [1.165, 1.54) is 0 Å². The zero-order valence-corrected chi connectivity index (χ0v) is 11.7. The number of piperazine rings is 1. The zero-order chi connectivity index (χ0) is 14.5. The van der Waals surface area contributed by atoms with E-state index in [2.05, 4.69) is 10.6 Å². The number of amides is 2. The molecule has 7 heteroatoms. The van der Waals surface area contributed by atoms with Gasteiger partial charge in [0.25, 0.3) is 0 Å². The summed E-state index contributed by atoms with van der Waals surface area (Å²) in [6.07, 6.45) is 0. The van der Waals surface area contributed by atoms with Crippen molar-refractivity contribution in [2.45, 2.75) is 0 Å². The Morgan fingerprint density at radius 3 is 2.70 bits per heavy atom. The van der Waals surface area contributed by atoms with Crippen LogP contribution in [0.25, 0.3) is 0 Å². The van der Waals surface area contributed by atoms with Gasteiger partial charge in [-0.3, -0.25) is 14.5 Å². The molecule has 4 N–H and O–H groups in total. The van der Waals surface area contributed by atoms with Gasteiger partial charge >= 0.3 is 0 Å². The Bertz CT molecular complexity index is 530. The van der Waals surface area contributed by atoms with E-state index in [-0.39, 0.29) is 24.9 Å². The highest BCUT2D eigenvalue weighted by atomic mass is 32.1. The molecule has 106 valence electrons.